The molecule has 3 aliphatic carbocycles. The predicted molar refractivity (Wildman–Crippen MR) is 168 cm³/mol. The molecule has 1 atom stereocenters. The molecule has 0 radical (unpaired) electrons. The van der Waals surface area contributed by atoms with Gasteiger partial charge in [-0.3, -0.25) is 4.98 Å². The number of aromatic amines is 1. The lowest BCUT2D eigenvalue weighted by Crippen LogP contribution is -2.11. The van der Waals surface area contributed by atoms with Crippen LogP contribution in [-0.4, -0.2) is 14.5 Å². The van der Waals surface area contributed by atoms with Crippen molar-refractivity contribution in [3.63, 3.8) is 0 Å². The summed E-state index contributed by atoms with van der Waals surface area (Å²) >= 11 is 0. The summed E-state index contributed by atoms with van der Waals surface area (Å²) in [6, 6.07) is 26.0. The van der Waals surface area contributed by atoms with Gasteiger partial charge in [0, 0.05) is 39.4 Å². The number of nitrogens with one attached hydrogen (secondary N) is 1. The van der Waals surface area contributed by atoms with Crippen molar-refractivity contribution in [2.45, 2.75) is 25.3 Å². The van der Waals surface area contributed by atoms with E-state index in [2.05, 4.69) is 125 Å². The quantitative estimate of drug-likeness (QED) is 0.250. The lowest BCUT2D eigenvalue weighted by molar-refractivity contribution is 0.619. The summed E-state index contributed by atoms with van der Waals surface area (Å²) in [4.78, 5) is 8.58. The Morgan fingerprint density at radius 2 is 1.60 bits per heavy atom. The molecule has 5 aromatic rings. The van der Waals surface area contributed by atoms with Crippen molar-refractivity contribution in [3.05, 3.63) is 143 Å². The normalized spacial score (nSPS) is 19.6. The van der Waals surface area contributed by atoms with Crippen LogP contribution in [0.5, 0.6) is 0 Å². The van der Waals surface area contributed by atoms with E-state index in [0.717, 1.165) is 41.6 Å². The van der Waals surface area contributed by atoms with Gasteiger partial charge in [0.1, 0.15) is 0 Å². The number of hydrogen-bond donors (Lipinski definition) is 1. The Balaban J connectivity index is 1.25. The van der Waals surface area contributed by atoms with Crippen LogP contribution in [0, 0.1) is 0 Å². The van der Waals surface area contributed by atoms with E-state index < -0.39 is 0 Å². The second-order valence-corrected chi connectivity index (χ2v) is 10.8. The molecule has 3 aromatic carbocycles. The minimum Gasteiger partial charge on any atom is -0.353 e. The Morgan fingerprint density at radius 1 is 0.775 bits per heavy atom. The first-order valence-electron chi connectivity index (χ1n) is 14.1. The number of allylic oxidation sites excluding steroid dienone is 7. The Kier molecular flexibility index (Phi) is 5.41. The van der Waals surface area contributed by atoms with Gasteiger partial charge < -0.3 is 9.55 Å². The Bertz CT molecular complexity index is 2040. The molecule has 2 aromatic heterocycles. The maximum absolute atomic E-state index is 4.85. The fourth-order valence-corrected chi connectivity index (χ4v) is 6.48. The number of fused-ring (bicyclic) bond motifs is 4. The third kappa shape index (κ3) is 3.77. The van der Waals surface area contributed by atoms with Gasteiger partial charge in [-0.15, -0.1) is 0 Å². The average Bonchev–Trinajstić information content (AvgIpc) is 3.35. The number of H-pyrrole nitrogens is 1. The molecule has 3 heteroatoms. The first-order valence-corrected chi connectivity index (χ1v) is 14.1. The van der Waals surface area contributed by atoms with Crippen molar-refractivity contribution in [2.24, 2.45) is 0 Å². The highest BCUT2D eigenvalue weighted by Gasteiger charge is 2.22. The fraction of sp³-hybridized carbons (Fsp3) is 0.108. The maximum Gasteiger partial charge on any atom is 0.0864 e. The van der Waals surface area contributed by atoms with E-state index in [1.807, 2.05) is 12.3 Å². The standard InChI is InChI=1S/C37H29N3/c1-2-10-30-29(9-1)27-18-17-26(23-35(30)39-34-14-6-5-13-33(34)38-24-27)25-19-21-28(22-20-25)40-36-15-7-3-11-31(36)32-12-4-8-16-37(32)40/h1-3,5-11,13-21,23-24,28,39H,4,12,22H2/b18-17-,26-17?,26-23+,27-18?,29-27?,35-23?,35-30?,38-24?. The van der Waals surface area contributed by atoms with Crippen LogP contribution in [0.1, 0.15) is 41.4 Å². The summed E-state index contributed by atoms with van der Waals surface area (Å²) in [6.45, 7) is 0. The molecule has 40 heavy (non-hydrogen) atoms. The number of aryl methyl sites for hydroxylation is 1. The number of benzene rings is 3. The summed E-state index contributed by atoms with van der Waals surface area (Å²) in [5.41, 5.74) is 10.8. The smallest absolute Gasteiger partial charge is 0.0864 e. The van der Waals surface area contributed by atoms with Gasteiger partial charge in [0.2, 0.25) is 0 Å². The molecule has 1 unspecified atom stereocenters. The molecule has 192 valence electrons. The zero-order valence-corrected chi connectivity index (χ0v) is 22.2. The molecule has 0 fully saturated rings. The van der Waals surface area contributed by atoms with Gasteiger partial charge in [-0.25, -0.2) is 0 Å². The molecule has 3 aliphatic rings. The van der Waals surface area contributed by atoms with Crippen LogP contribution in [-0.2, 0) is 6.42 Å². The molecule has 2 bridgehead atoms. The van der Waals surface area contributed by atoms with Crippen LogP contribution in [0.4, 0.5) is 0 Å². The number of para-hydroxylation sites is 3. The number of hydrogen-bond acceptors (Lipinski definition) is 1. The molecule has 0 saturated carbocycles. The van der Waals surface area contributed by atoms with Gasteiger partial charge in [-0.2, -0.15) is 0 Å². The summed E-state index contributed by atoms with van der Waals surface area (Å²) < 4.78 is 2.55. The Labute approximate surface area is 233 Å². The fourth-order valence-electron chi connectivity index (χ4n) is 6.48. The van der Waals surface area contributed by atoms with Gasteiger partial charge in [-0.1, -0.05) is 91.1 Å². The summed E-state index contributed by atoms with van der Waals surface area (Å²) in [5.74, 6) is 0. The summed E-state index contributed by atoms with van der Waals surface area (Å²) in [7, 11) is 0. The molecule has 0 aliphatic heterocycles. The van der Waals surface area contributed by atoms with Gasteiger partial charge >= 0.3 is 0 Å². The van der Waals surface area contributed by atoms with E-state index in [4.69, 9.17) is 4.98 Å². The molecule has 3 nitrogen and oxygen atoms in total. The van der Waals surface area contributed by atoms with Crippen LogP contribution in [0.25, 0.3) is 50.9 Å². The lowest BCUT2D eigenvalue weighted by atomic mass is 9.93. The number of aromatic nitrogens is 3. The predicted octanol–water partition coefficient (Wildman–Crippen LogP) is 9.29. The molecule has 0 amide bonds. The topological polar surface area (TPSA) is 33.6 Å². The minimum absolute atomic E-state index is 0.295. The molecule has 2 heterocycles. The Hall–Kier alpha value is -4.89. The monoisotopic (exact) mass is 515 g/mol. The third-order valence-corrected chi connectivity index (χ3v) is 8.42. The van der Waals surface area contributed by atoms with E-state index >= 15 is 0 Å². The zero-order chi connectivity index (χ0) is 26.5. The molecule has 1 N–H and O–H groups in total. The summed E-state index contributed by atoms with van der Waals surface area (Å²) in [5, 5.41) is 3.76. The van der Waals surface area contributed by atoms with Crippen LogP contribution >= 0.6 is 0 Å². The minimum atomic E-state index is 0.295. The second-order valence-electron chi connectivity index (χ2n) is 10.8. The van der Waals surface area contributed by atoms with Gasteiger partial charge in [0.25, 0.3) is 0 Å². The van der Waals surface area contributed by atoms with Crippen LogP contribution in [0.15, 0.2) is 121 Å². The molecular weight excluding hydrogens is 486 g/mol. The number of rotatable bonds is 2. The zero-order valence-electron chi connectivity index (χ0n) is 22.2. The highest BCUT2D eigenvalue weighted by atomic mass is 15.0. The SMILES string of the molecule is C1=Cc2c(c3ccccc3n2C2C=CC(C3=C/c4[nH]c5ccccc5ncc(c5ccccc45)/C=C\3)=CC2)CC1. The van der Waals surface area contributed by atoms with E-state index in [1.165, 1.54) is 44.1 Å². The van der Waals surface area contributed by atoms with E-state index in [0.29, 0.717) is 6.04 Å². The molecule has 0 spiro atoms. The summed E-state index contributed by atoms with van der Waals surface area (Å²) in [6.07, 6.45) is 23.7. The first-order chi connectivity index (χ1) is 19.8. The van der Waals surface area contributed by atoms with Gasteiger partial charge in [0.15, 0.2) is 0 Å². The third-order valence-electron chi connectivity index (χ3n) is 8.42. The number of nitrogens with zero attached hydrogens (tertiary/aromatic N) is 2. The van der Waals surface area contributed by atoms with Crippen molar-refractivity contribution in [2.75, 3.05) is 0 Å². The van der Waals surface area contributed by atoms with Gasteiger partial charge in [0.05, 0.1) is 17.1 Å². The molecular formula is C37H29N3. The maximum atomic E-state index is 4.85. The van der Waals surface area contributed by atoms with E-state index in [-0.39, 0.29) is 0 Å². The highest BCUT2D eigenvalue weighted by Crippen LogP contribution is 2.38. The van der Waals surface area contributed by atoms with Crippen molar-refractivity contribution < 1.29 is 0 Å². The average molecular weight is 516 g/mol. The van der Waals surface area contributed by atoms with Crippen LogP contribution in [0.3, 0.4) is 0 Å². The van der Waals surface area contributed by atoms with Crippen LogP contribution < -0.4 is 0 Å². The van der Waals surface area contributed by atoms with Crippen molar-refractivity contribution >= 4 is 50.9 Å². The largest absolute Gasteiger partial charge is 0.353 e. The second kappa shape index (κ2) is 9.39. The molecule has 0 saturated heterocycles. The van der Waals surface area contributed by atoms with E-state index in [9.17, 15) is 0 Å². The van der Waals surface area contributed by atoms with Gasteiger partial charge in [-0.05, 0) is 71.7 Å². The van der Waals surface area contributed by atoms with E-state index in [1.54, 1.807) is 0 Å². The first kappa shape index (κ1) is 23.0. The van der Waals surface area contributed by atoms with Crippen molar-refractivity contribution in [1.82, 2.24) is 14.5 Å². The lowest BCUT2D eigenvalue weighted by Gasteiger charge is -2.23. The van der Waals surface area contributed by atoms with Crippen molar-refractivity contribution in [1.29, 1.82) is 0 Å². The Morgan fingerprint density at radius 3 is 2.50 bits per heavy atom. The van der Waals surface area contributed by atoms with Crippen molar-refractivity contribution in [3.8, 4) is 0 Å². The molecule has 8 rings (SSSR count). The van der Waals surface area contributed by atoms with Crippen LogP contribution in [0.2, 0.25) is 0 Å². The highest BCUT2D eigenvalue weighted by molar-refractivity contribution is 5.97.